The lowest BCUT2D eigenvalue weighted by Crippen LogP contribution is -2.45. The number of hydroxylamine groups is 2. The number of ketones is 1. The summed E-state index contributed by atoms with van der Waals surface area (Å²) in [4.78, 5) is 30.6. The molecule has 1 aliphatic heterocycles. The van der Waals surface area contributed by atoms with Gasteiger partial charge in [-0.15, -0.1) is 0 Å². The highest BCUT2D eigenvalue weighted by Crippen LogP contribution is 2.37. The van der Waals surface area contributed by atoms with Crippen LogP contribution in [0.4, 0.5) is 0 Å². The molecule has 1 fully saturated rings. The molecule has 0 aromatic heterocycles. The van der Waals surface area contributed by atoms with E-state index in [4.69, 9.17) is 9.57 Å². The smallest absolute Gasteiger partial charge is 0.312 e. The number of piperidine rings is 1. The Morgan fingerprint density at radius 3 is 2.42 bits per heavy atom. The molecule has 2 rings (SSSR count). The average molecular weight is 359 g/mol. The van der Waals surface area contributed by atoms with E-state index in [9.17, 15) is 9.59 Å². The number of ether oxygens (including phenoxy) is 1. The maximum absolute atomic E-state index is 12.9. The number of benzene rings is 1. The monoisotopic (exact) mass is 359 g/mol. The van der Waals surface area contributed by atoms with Crippen LogP contribution in [0.2, 0.25) is 0 Å². The van der Waals surface area contributed by atoms with Gasteiger partial charge in [0.25, 0.3) is 0 Å². The van der Waals surface area contributed by atoms with Gasteiger partial charge in [-0.1, -0.05) is 30.4 Å². The van der Waals surface area contributed by atoms with Crippen LogP contribution in [0.1, 0.15) is 41.5 Å². The minimum Gasteiger partial charge on any atom is -0.469 e. The third-order valence-electron chi connectivity index (χ3n) is 5.34. The minimum absolute atomic E-state index is 0.0521. The fraction of sp³-hybridized carbons (Fsp3) is 0.524. The second-order valence-corrected chi connectivity index (χ2v) is 7.13. The van der Waals surface area contributed by atoms with Crippen molar-refractivity contribution in [2.24, 2.45) is 5.41 Å². The highest BCUT2D eigenvalue weighted by atomic mass is 16.7. The molecule has 5 nitrogen and oxygen atoms in total. The molecule has 0 unspecified atom stereocenters. The Kier molecular flexibility index (Phi) is 6.73. The Bertz CT molecular complexity index is 687. The predicted molar refractivity (Wildman–Crippen MR) is 102 cm³/mol. The molecular formula is C21H29NO4. The molecule has 26 heavy (non-hydrogen) atoms. The molecule has 0 aliphatic carbocycles. The van der Waals surface area contributed by atoms with Gasteiger partial charge in [-0.05, 0) is 43.4 Å². The zero-order valence-corrected chi connectivity index (χ0v) is 16.3. The van der Waals surface area contributed by atoms with E-state index in [1.807, 2.05) is 25.0 Å². The predicted octanol–water partition coefficient (Wildman–Crippen LogP) is 3.26. The normalized spacial score (nSPS) is 16.9. The Balaban J connectivity index is 2.19. The van der Waals surface area contributed by atoms with Crippen LogP contribution < -0.4 is 0 Å². The van der Waals surface area contributed by atoms with E-state index in [1.54, 1.807) is 13.2 Å². The number of Topliss-reactive ketones (excluding diaryl/α,β-unsaturated/α-hetero) is 1. The molecule has 0 bridgehead atoms. The van der Waals surface area contributed by atoms with E-state index >= 15 is 0 Å². The van der Waals surface area contributed by atoms with Gasteiger partial charge in [0.2, 0.25) is 0 Å². The maximum Gasteiger partial charge on any atom is 0.312 e. The zero-order chi connectivity index (χ0) is 19.3. The van der Waals surface area contributed by atoms with Crippen molar-refractivity contribution < 1.29 is 19.2 Å². The molecule has 0 amide bonds. The van der Waals surface area contributed by atoms with E-state index in [1.165, 1.54) is 7.11 Å². The lowest BCUT2D eigenvalue weighted by atomic mass is 9.74. The molecule has 1 saturated heterocycles. The van der Waals surface area contributed by atoms with Crippen LogP contribution in [0.15, 0.2) is 18.7 Å². The van der Waals surface area contributed by atoms with Crippen molar-refractivity contribution in [3.05, 3.63) is 41.0 Å². The molecular weight excluding hydrogens is 330 g/mol. The number of hydrogen-bond acceptors (Lipinski definition) is 5. The quantitative estimate of drug-likeness (QED) is 0.700. The fourth-order valence-corrected chi connectivity index (χ4v) is 3.86. The Morgan fingerprint density at radius 1 is 1.23 bits per heavy atom. The standard InChI is InChI=1S/C21H29NO4/c1-6-17-12-15(2)11-16(3)19(17)13-18(23)14-21(20(24)25-4)7-9-22(26-5)10-8-21/h6,11-12H,1,7-10,13-14H2,2-5H3. The summed E-state index contributed by atoms with van der Waals surface area (Å²) in [5.41, 5.74) is 3.44. The second kappa shape index (κ2) is 8.60. The number of carbonyl (C=O) groups excluding carboxylic acids is 2. The molecule has 1 aromatic carbocycles. The SMILES string of the molecule is C=Cc1cc(C)cc(C)c1CC(=O)CC1(C(=O)OC)CCN(OC)CC1. The van der Waals surface area contributed by atoms with Gasteiger partial charge in [0.05, 0.1) is 19.6 Å². The molecule has 0 radical (unpaired) electrons. The summed E-state index contributed by atoms with van der Waals surface area (Å²) in [7, 11) is 3.00. The van der Waals surface area contributed by atoms with Crippen molar-refractivity contribution in [1.82, 2.24) is 5.06 Å². The Labute approximate surface area is 155 Å². The van der Waals surface area contributed by atoms with Crippen LogP contribution in [0.5, 0.6) is 0 Å². The van der Waals surface area contributed by atoms with Gasteiger partial charge in [-0.2, -0.15) is 5.06 Å². The number of aryl methyl sites for hydroxylation is 2. The number of esters is 1. The minimum atomic E-state index is -0.756. The van der Waals surface area contributed by atoms with Crippen LogP contribution in [0.3, 0.4) is 0 Å². The molecule has 5 heteroatoms. The van der Waals surface area contributed by atoms with Crippen LogP contribution in [0.25, 0.3) is 6.08 Å². The first-order valence-electron chi connectivity index (χ1n) is 8.97. The molecule has 1 aromatic rings. The van der Waals surface area contributed by atoms with Gasteiger partial charge in [0.15, 0.2) is 0 Å². The van der Waals surface area contributed by atoms with Crippen LogP contribution in [-0.2, 0) is 25.6 Å². The molecule has 1 aliphatic rings. The van der Waals surface area contributed by atoms with E-state index in [2.05, 4.69) is 12.6 Å². The van der Waals surface area contributed by atoms with Crippen molar-refractivity contribution in [3.8, 4) is 0 Å². The van der Waals surface area contributed by atoms with Gasteiger partial charge in [-0.25, -0.2) is 0 Å². The Hall–Kier alpha value is -1.98. The summed E-state index contributed by atoms with van der Waals surface area (Å²) in [5, 5.41) is 1.81. The second-order valence-electron chi connectivity index (χ2n) is 7.13. The third-order valence-corrected chi connectivity index (χ3v) is 5.34. The number of carbonyl (C=O) groups is 2. The maximum atomic E-state index is 12.9. The molecule has 0 atom stereocenters. The molecule has 0 N–H and O–H groups in total. The lowest BCUT2D eigenvalue weighted by molar-refractivity contribution is -0.179. The third kappa shape index (κ3) is 4.40. The van der Waals surface area contributed by atoms with Gasteiger partial charge in [-0.3, -0.25) is 9.59 Å². The van der Waals surface area contributed by atoms with Gasteiger partial charge >= 0.3 is 5.97 Å². The summed E-state index contributed by atoms with van der Waals surface area (Å²) in [6.07, 6.45) is 3.40. The van der Waals surface area contributed by atoms with E-state index < -0.39 is 5.41 Å². The molecule has 1 heterocycles. The number of hydrogen-bond donors (Lipinski definition) is 0. The molecule has 0 spiro atoms. The fourth-order valence-electron chi connectivity index (χ4n) is 3.86. The molecule has 142 valence electrons. The number of nitrogens with zero attached hydrogens (tertiary/aromatic N) is 1. The van der Waals surface area contributed by atoms with E-state index in [0.717, 1.165) is 22.3 Å². The average Bonchev–Trinajstić information content (AvgIpc) is 2.63. The van der Waals surface area contributed by atoms with Crippen molar-refractivity contribution in [2.45, 2.75) is 39.5 Å². The summed E-state index contributed by atoms with van der Waals surface area (Å²) < 4.78 is 5.03. The molecule has 0 saturated carbocycles. The van der Waals surface area contributed by atoms with E-state index in [-0.39, 0.29) is 18.2 Å². The van der Waals surface area contributed by atoms with Crippen molar-refractivity contribution in [1.29, 1.82) is 0 Å². The summed E-state index contributed by atoms with van der Waals surface area (Å²) in [5.74, 6) is -0.248. The first-order chi connectivity index (χ1) is 12.3. The lowest BCUT2D eigenvalue weighted by Gasteiger charge is -2.38. The first kappa shape index (κ1) is 20.3. The number of rotatable bonds is 7. The largest absolute Gasteiger partial charge is 0.469 e. The van der Waals surface area contributed by atoms with Gasteiger partial charge < -0.3 is 9.57 Å². The van der Waals surface area contributed by atoms with Gasteiger partial charge in [0.1, 0.15) is 5.78 Å². The topological polar surface area (TPSA) is 55.8 Å². The number of methoxy groups -OCH3 is 1. The van der Waals surface area contributed by atoms with Crippen molar-refractivity contribution >= 4 is 17.8 Å². The zero-order valence-electron chi connectivity index (χ0n) is 16.3. The Morgan fingerprint density at radius 2 is 1.88 bits per heavy atom. The van der Waals surface area contributed by atoms with E-state index in [0.29, 0.717) is 32.4 Å². The highest BCUT2D eigenvalue weighted by Gasteiger charge is 2.44. The van der Waals surface area contributed by atoms with Crippen LogP contribution >= 0.6 is 0 Å². The summed E-state index contributed by atoms with van der Waals surface area (Å²) in [6.45, 7) is 9.13. The first-order valence-corrected chi connectivity index (χ1v) is 8.97. The van der Waals surface area contributed by atoms with Gasteiger partial charge in [0, 0.05) is 25.9 Å². The summed E-state index contributed by atoms with van der Waals surface area (Å²) in [6, 6.07) is 4.11. The van der Waals surface area contributed by atoms with Crippen LogP contribution in [-0.4, -0.2) is 44.1 Å². The summed E-state index contributed by atoms with van der Waals surface area (Å²) >= 11 is 0. The van der Waals surface area contributed by atoms with Crippen LogP contribution in [0, 0.1) is 19.3 Å². The highest BCUT2D eigenvalue weighted by molar-refractivity contribution is 5.89. The van der Waals surface area contributed by atoms with Crippen molar-refractivity contribution in [2.75, 3.05) is 27.3 Å². The van der Waals surface area contributed by atoms with Crippen molar-refractivity contribution in [3.63, 3.8) is 0 Å².